The third kappa shape index (κ3) is 5.84. The van der Waals surface area contributed by atoms with Gasteiger partial charge >= 0.3 is 0 Å². The van der Waals surface area contributed by atoms with Crippen molar-refractivity contribution in [3.8, 4) is 0 Å². The molecular formula is C12H22KO3SSi2. The van der Waals surface area contributed by atoms with Gasteiger partial charge in [0.1, 0.15) is 0 Å². The van der Waals surface area contributed by atoms with Crippen molar-refractivity contribution < 1.29 is 13.0 Å². The quantitative estimate of drug-likeness (QED) is 0.672. The Morgan fingerprint density at radius 3 is 1.37 bits per heavy atom. The Kier molecular flexibility index (Phi) is 6.95. The third-order valence-electron chi connectivity index (χ3n) is 2.94. The van der Waals surface area contributed by atoms with Gasteiger partial charge in [-0.3, -0.25) is 4.55 Å². The maximum absolute atomic E-state index is 11.4. The van der Waals surface area contributed by atoms with E-state index >= 15 is 0 Å². The third-order valence-corrected chi connectivity index (χ3v) is 7.81. The van der Waals surface area contributed by atoms with Crippen molar-refractivity contribution in [3.05, 3.63) is 18.2 Å². The second kappa shape index (κ2) is 6.53. The maximum atomic E-state index is 11.4. The molecule has 7 heteroatoms. The Morgan fingerprint density at radius 2 is 1.16 bits per heavy atom. The number of benzene rings is 1. The average Bonchev–Trinajstić information content (AvgIpc) is 2.13. The van der Waals surface area contributed by atoms with Gasteiger partial charge in [-0.2, -0.15) is 8.42 Å². The second-order valence-electron chi connectivity index (χ2n) is 6.72. The summed E-state index contributed by atoms with van der Waals surface area (Å²) in [5.74, 6) is 0. The molecule has 0 unspecified atom stereocenters. The van der Waals surface area contributed by atoms with E-state index in [1.807, 2.05) is 0 Å². The number of hydrogen-bond acceptors (Lipinski definition) is 2. The molecular weight excluding hydrogens is 319 g/mol. The van der Waals surface area contributed by atoms with Crippen LogP contribution in [0.25, 0.3) is 0 Å². The average molecular weight is 342 g/mol. The summed E-state index contributed by atoms with van der Waals surface area (Å²) in [6.07, 6.45) is 0. The van der Waals surface area contributed by atoms with E-state index in [1.165, 1.54) is 0 Å². The van der Waals surface area contributed by atoms with Crippen LogP contribution in [0.4, 0.5) is 0 Å². The summed E-state index contributed by atoms with van der Waals surface area (Å²) < 4.78 is 32.0. The summed E-state index contributed by atoms with van der Waals surface area (Å²) in [5.41, 5.74) is 0. The van der Waals surface area contributed by atoms with Gasteiger partial charge in [-0.1, -0.05) is 55.7 Å². The zero-order valence-corrected chi connectivity index (χ0v) is 18.8. The number of hydrogen-bond donors (Lipinski definition) is 1. The summed E-state index contributed by atoms with van der Waals surface area (Å²) in [6, 6.07) is 5.39. The van der Waals surface area contributed by atoms with Gasteiger partial charge in [-0.05, 0) is 12.1 Å². The van der Waals surface area contributed by atoms with Crippen molar-refractivity contribution in [2.75, 3.05) is 0 Å². The fourth-order valence-corrected chi connectivity index (χ4v) is 4.87. The largest absolute Gasteiger partial charge is 0.294 e. The smallest absolute Gasteiger partial charge is 0.282 e. The molecule has 1 N–H and O–H groups in total. The maximum Gasteiger partial charge on any atom is 0.294 e. The van der Waals surface area contributed by atoms with E-state index in [0.717, 1.165) is 10.4 Å². The van der Waals surface area contributed by atoms with Gasteiger partial charge in [-0.25, -0.2) is 0 Å². The van der Waals surface area contributed by atoms with Crippen LogP contribution >= 0.6 is 0 Å². The van der Waals surface area contributed by atoms with Crippen LogP contribution in [0.5, 0.6) is 0 Å². The van der Waals surface area contributed by atoms with Gasteiger partial charge in [0, 0.05) is 51.4 Å². The Balaban J connectivity index is 0.00000324. The molecule has 19 heavy (non-hydrogen) atoms. The fourth-order valence-electron chi connectivity index (χ4n) is 1.61. The molecule has 1 aromatic carbocycles. The van der Waals surface area contributed by atoms with Gasteiger partial charge in [0.15, 0.2) is 0 Å². The molecule has 0 heterocycles. The monoisotopic (exact) mass is 341 g/mol. The minimum Gasteiger partial charge on any atom is -0.282 e. The van der Waals surface area contributed by atoms with Crippen LogP contribution in [0.3, 0.4) is 0 Å². The van der Waals surface area contributed by atoms with Crippen LogP contribution in [0.15, 0.2) is 23.1 Å². The van der Waals surface area contributed by atoms with Crippen LogP contribution in [0.2, 0.25) is 39.3 Å². The minimum atomic E-state index is -4.12. The van der Waals surface area contributed by atoms with Gasteiger partial charge in [0.2, 0.25) is 0 Å². The Bertz CT molecular complexity index is 525. The van der Waals surface area contributed by atoms with Gasteiger partial charge < -0.3 is 0 Å². The van der Waals surface area contributed by atoms with Crippen molar-refractivity contribution in [2.24, 2.45) is 0 Å². The van der Waals surface area contributed by atoms with Gasteiger partial charge in [0.05, 0.1) is 21.0 Å². The molecule has 0 bridgehead atoms. The Morgan fingerprint density at radius 1 is 0.842 bits per heavy atom. The van der Waals surface area contributed by atoms with E-state index < -0.39 is 26.3 Å². The van der Waals surface area contributed by atoms with E-state index in [2.05, 4.69) is 45.3 Å². The van der Waals surface area contributed by atoms with E-state index in [4.69, 9.17) is 0 Å². The zero-order valence-electron chi connectivity index (χ0n) is 12.9. The topological polar surface area (TPSA) is 54.4 Å². The first kappa shape index (κ1) is 20.2. The SMILES string of the molecule is C[Si](C)(C)c1cc([Si](C)(C)C)cc(S(=O)(=O)O)c1.[K]. The van der Waals surface area contributed by atoms with Crippen molar-refractivity contribution in [1.29, 1.82) is 0 Å². The summed E-state index contributed by atoms with van der Waals surface area (Å²) in [7, 11) is -7.34. The van der Waals surface area contributed by atoms with Crippen molar-refractivity contribution >= 4 is 88.0 Å². The standard InChI is InChI=1S/C12H22O3SSi2.K/c1-17(2,3)11-7-10(16(13,14)15)8-12(9-11)18(4,5)6;/h7-9H,1-6H3,(H,13,14,15);. The zero-order chi connectivity index (χ0) is 14.4. The molecule has 0 saturated carbocycles. The summed E-state index contributed by atoms with van der Waals surface area (Å²) in [5, 5.41) is 2.16. The van der Waals surface area contributed by atoms with Crippen LogP contribution in [0, 0.1) is 0 Å². The van der Waals surface area contributed by atoms with E-state index in [0.29, 0.717) is 0 Å². The molecule has 0 aromatic heterocycles. The predicted octanol–water partition coefficient (Wildman–Crippen LogP) is 1.64. The molecule has 1 radical (unpaired) electrons. The molecule has 0 aliphatic carbocycles. The first-order chi connectivity index (χ1) is 7.82. The van der Waals surface area contributed by atoms with Gasteiger partial charge in [-0.15, -0.1) is 0 Å². The van der Waals surface area contributed by atoms with Crippen molar-refractivity contribution in [2.45, 2.75) is 44.2 Å². The van der Waals surface area contributed by atoms with Crippen molar-refractivity contribution in [3.63, 3.8) is 0 Å². The first-order valence-corrected chi connectivity index (χ1v) is 14.4. The molecule has 0 fully saturated rings. The normalized spacial score (nSPS) is 13.0. The summed E-state index contributed by atoms with van der Waals surface area (Å²) in [6.45, 7) is 13.0. The molecule has 0 atom stereocenters. The molecule has 1 aromatic rings. The second-order valence-corrected chi connectivity index (χ2v) is 18.3. The predicted molar refractivity (Wildman–Crippen MR) is 88.0 cm³/mol. The molecule has 0 saturated heterocycles. The van der Waals surface area contributed by atoms with Crippen LogP contribution in [0.1, 0.15) is 0 Å². The molecule has 3 nitrogen and oxygen atoms in total. The Hall–Kier alpha value is 1.20. The fraction of sp³-hybridized carbons (Fsp3) is 0.500. The van der Waals surface area contributed by atoms with Crippen LogP contribution in [-0.4, -0.2) is 80.5 Å². The van der Waals surface area contributed by atoms with E-state index in [9.17, 15) is 13.0 Å². The summed E-state index contributed by atoms with van der Waals surface area (Å²) in [4.78, 5) is 0.0415. The van der Waals surface area contributed by atoms with Gasteiger partial charge in [0.25, 0.3) is 10.1 Å². The minimum absolute atomic E-state index is 0. The molecule has 103 valence electrons. The van der Waals surface area contributed by atoms with E-state index in [1.54, 1.807) is 12.1 Å². The van der Waals surface area contributed by atoms with E-state index in [-0.39, 0.29) is 56.3 Å². The van der Waals surface area contributed by atoms with Crippen LogP contribution < -0.4 is 10.4 Å². The summed E-state index contributed by atoms with van der Waals surface area (Å²) >= 11 is 0. The molecule has 0 aliphatic heterocycles. The molecule has 1 rings (SSSR count). The Labute approximate surface area is 161 Å². The van der Waals surface area contributed by atoms with Crippen LogP contribution in [-0.2, 0) is 10.1 Å². The number of rotatable bonds is 3. The molecule has 0 aliphatic rings. The molecule has 0 spiro atoms. The first-order valence-electron chi connectivity index (χ1n) is 5.95. The van der Waals surface area contributed by atoms with Crippen molar-refractivity contribution in [1.82, 2.24) is 0 Å². The molecule has 0 amide bonds.